The van der Waals surface area contributed by atoms with Crippen LogP contribution in [0.15, 0.2) is 45.6 Å². The lowest BCUT2D eigenvalue weighted by Crippen LogP contribution is -2.32. The van der Waals surface area contributed by atoms with E-state index < -0.39 is 11.9 Å². The molecule has 27 heavy (non-hydrogen) atoms. The Kier molecular flexibility index (Phi) is 4.29. The highest BCUT2D eigenvalue weighted by atomic mass is 35.5. The second-order valence-corrected chi connectivity index (χ2v) is 7.25. The van der Waals surface area contributed by atoms with Crippen LogP contribution in [0.5, 0.6) is 0 Å². The first-order valence-electron chi connectivity index (χ1n) is 8.67. The molecule has 2 heterocycles. The minimum Gasteiger partial charge on any atom is -0.450 e. The Morgan fingerprint density at radius 1 is 1.19 bits per heavy atom. The predicted molar refractivity (Wildman–Crippen MR) is 103 cm³/mol. The van der Waals surface area contributed by atoms with Gasteiger partial charge >= 0.3 is 0 Å². The molecule has 1 unspecified atom stereocenters. The van der Waals surface area contributed by atoms with E-state index in [0.717, 1.165) is 11.1 Å². The van der Waals surface area contributed by atoms with Crippen molar-refractivity contribution in [2.45, 2.75) is 19.9 Å². The molecule has 1 amide bonds. The van der Waals surface area contributed by atoms with Crippen molar-refractivity contribution in [1.29, 1.82) is 0 Å². The van der Waals surface area contributed by atoms with Crippen LogP contribution in [0.25, 0.3) is 11.0 Å². The third-order valence-corrected chi connectivity index (χ3v) is 5.14. The van der Waals surface area contributed by atoms with Crippen LogP contribution in [-0.4, -0.2) is 29.1 Å². The first kappa shape index (κ1) is 17.8. The molecular formula is C21H18ClNO4. The summed E-state index contributed by atoms with van der Waals surface area (Å²) in [4.78, 5) is 27.8. The Bertz CT molecular complexity index is 1130. The van der Waals surface area contributed by atoms with Gasteiger partial charge in [0, 0.05) is 11.6 Å². The fourth-order valence-corrected chi connectivity index (χ4v) is 4.03. The summed E-state index contributed by atoms with van der Waals surface area (Å²) in [5, 5.41) is 10.4. The van der Waals surface area contributed by atoms with Gasteiger partial charge in [-0.2, -0.15) is 0 Å². The number of rotatable bonds is 3. The smallest absolute Gasteiger partial charge is 0.290 e. The van der Waals surface area contributed by atoms with Gasteiger partial charge < -0.3 is 14.4 Å². The molecular weight excluding hydrogens is 366 g/mol. The van der Waals surface area contributed by atoms with Crippen molar-refractivity contribution in [3.63, 3.8) is 0 Å². The molecule has 1 aliphatic rings. The van der Waals surface area contributed by atoms with Crippen molar-refractivity contribution in [1.82, 2.24) is 4.90 Å². The van der Waals surface area contributed by atoms with Crippen LogP contribution in [0, 0.1) is 13.8 Å². The van der Waals surface area contributed by atoms with Crippen molar-refractivity contribution in [3.05, 3.63) is 79.7 Å². The minimum atomic E-state index is -0.639. The van der Waals surface area contributed by atoms with Crippen LogP contribution < -0.4 is 5.43 Å². The molecule has 4 rings (SSSR count). The number of benzene rings is 2. The van der Waals surface area contributed by atoms with E-state index >= 15 is 0 Å². The predicted octanol–water partition coefficient (Wildman–Crippen LogP) is 3.60. The highest BCUT2D eigenvalue weighted by molar-refractivity contribution is 6.30. The van der Waals surface area contributed by atoms with E-state index in [0.29, 0.717) is 27.1 Å². The number of aryl methyl sites for hydroxylation is 2. The van der Waals surface area contributed by atoms with E-state index in [1.54, 1.807) is 24.3 Å². The van der Waals surface area contributed by atoms with Gasteiger partial charge in [0.25, 0.3) is 5.91 Å². The van der Waals surface area contributed by atoms with Crippen molar-refractivity contribution < 1.29 is 14.3 Å². The highest BCUT2D eigenvalue weighted by Gasteiger charge is 2.42. The Balaban J connectivity index is 2.05. The fourth-order valence-electron chi connectivity index (χ4n) is 3.84. The molecule has 0 aliphatic carbocycles. The lowest BCUT2D eigenvalue weighted by Gasteiger charge is -2.24. The van der Waals surface area contributed by atoms with Crippen LogP contribution in [-0.2, 0) is 0 Å². The number of carbonyl (C=O) groups is 1. The van der Waals surface area contributed by atoms with E-state index in [4.69, 9.17) is 16.0 Å². The normalized spacial score (nSPS) is 16.2. The molecule has 1 aromatic heterocycles. The van der Waals surface area contributed by atoms with Crippen LogP contribution in [0.1, 0.15) is 38.9 Å². The number of fused-ring (bicyclic) bond motifs is 2. The SMILES string of the molecule is Cc1cc(C)c2oc3c(c(=O)c2c1)C(c1cccc(Cl)c1)N(CCO)C3=O. The third kappa shape index (κ3) is 2.74. The highest BCUT2D eigenvalue weighted by Crippen LogP contribution is 2.38. The van der Waals surface area contributed by atoms with E-state index in [-0.39, 0.29) is 24.3 Å². The standard InChI is InChI=1S/C21H18ClNO4/c1-11-8-12(2)19-15(9-11)18(25)16-17(13-4-3-5-14(22)10-13)23(6-7-24)21(26)20(16)27-19/h3-5,8-10,17,24H,6-7H2,1-2H3. The third-order valence-electron chi connectivity index (χ3n) is 4.90. The molecule has 1 atom stereocenters. The summed E-state index contributed by atoms with van der Waals surface area (Å²) in [5.41, 5.74) is 2.96. The number of aliphatic hydroxyl groups is 1. The van der Waals surface area contributed by atoms with Crippen molar-refractivity contribution in [3.8, 4) is 0 Å². The maximum absolute atomic E-state index is 13.4. The van der Waals surface area contributed by atoms with Crippen LogP contribution in [0.3, 0.4) is 0 Å². The van der Waals surface area contributed by atoms with Gasteiger partial charge in [-0.25, -0.2) is 0 Å². The summed E-state index contributed by atoms with van der Waals surface area (Å²) in [5.74, 6) is -0.360. The van der Waals surface area contributed by atoms with Gasteiger partial charge in [0.1, 0.15) is 5.58 Å². The number of halogens is 1. The summed E-state index contributed by atoms with van der Waals surface area (Å²) in [6, 6.07) is 10.1. The zero-order valence-corrected chi connectivity index (χ0v) is 15.7. The number of nitrogens with zero attached hydrogens (tertiary/aromatic N) is 1. The topological polar surface area (TPSA) is 70.8 Å². The van der Waals surface area contributed by atoms with Gasteiger partial charge in [0.2, 0.25) is 5.76 Å². The van der Waals surface area contributed by atoms with Gasteiger partial charge in [-0.1, -0.05) is 29.8 Å². The first-order chi connectivity index (χ1) is 12.9. The lowest BCUT2D eigenvalue weighted by atomic mass is 9.97. The number of hydrogen-bond acceptors (Lipinski definition) is 4. The number of β-amino-alcohol motifs (C(OH)–C–C–N with tert-alkyl or cyclic N) is 1. The summed E-state index contributed by atoms with van der Waals surface area (Å²) in [7, 11) is 0. The molecule has 0 saturated carbocycles. The molecule has 6 heteroatoms. The zero-order chi connectivity index (χ0) is 19.3. The average Bonchev–Trinajstić information content (AvgIpc) is 2.89. The van der Waals surface area contributed by atoms with E-state index in [1.807, 2.05) is 26.0 Å². The molecule has 1 N–H and O–H groups in total. The average molecular weight is 384 g/mol. The quantitative estimate of drug-likeness (QED) is 0.750. The van der Waals surface area contributed by atoms with Crippen LogP contribution in [0.4, 0.5) is 0 Å². The first-order valence-corrected chi connectivity index (χ1v) is 9.05. The second-order valence-electron chi connectivity index (χ2n) is 6.81. The molecule has 0 radical (unpaired) electrons. The summed E-state index contributed by atoms with van der Waals surface area (Å²) >= 11 is 6.13. The van der Waals surface area contributed by atoms with Gasteiger partial charge in [-0.05, 0) is 48.7 Å². The molecule has 2 aromatic carbocycles. The number of aliphatic hydroxyl groups excluding tert-OH is 1. The zero-order valence-electron chi connectivity index (χ0n) is 15.0. The molecule has 5 nitrogen and oxygen atoms in total. The largest absolute Gasteiger partial charge is 0.450 e. The molecule has 0 bridgehead atoms. The maximum Gasteiger partial charge on any atom is 0.290 e. The van der Waals surface area contributed by atoms with Crippen molar-refractivity contribution in [2.24, 2.45) is 0 Å². The van der Waals surface area contributed by atoms with Gasteiger partial charge in [-0.3, -0.25) is 9.59 Å². The summed E-state index contributed by atoms with van der Waals surface area (Å²) in [6.45, 7) is 3.64. The monoisotopic (exact) mass is 383 g/mol. The van der Waals surface area contributed by atoms with E-state index in [1.165, 1.54) is 4.90 Å². The lowest BCUT2D eigenvalue weighted by molar-refractivity contribution is 0.0691. The maximum atomic E-state index is 13.4. The van der Waals surface area contributed by atoms with E-state index in [9.17, 15) is 14.7 Å². The fraction of sp³-hybridized carbons (Fsp3) is 0.238. The molecule has 138 valence electrons. The molecule has 0 fully saturated rings. The Labute approximate surface area is 160 Å². The minimum absolute atomic E-state index is 0.0397. The van der Waals surface area contributed by atoms with Crippen LogP contribution in [0.2, 0.25) is 5.02 Å². The number of amides is 1. The van der Waals surface area contributed by atoms with Crippen molar-refractivity contribution >= 4 is 28.5 Å². The summed E-state index contributed by atoms with van der Waals surface area (Å²) in [6.07, 6.45) is 0. The Hall–Kier alpha value is -2.63. The Morgan fingerprint density at radius 3 is 2.67 bits per heavy atom. The van der Waals surface area contributed by atoms with Crippen molar-refractivity contribution in [2.75, 3.05) is 13.2 Å². The summed E-state index contributed by atoms with van der Waals surface area (Å²) < 4.78 is 5.94. The van der Waals surface area contributed by atoms with Gasteiger partial charge in [0.15, 0.2) is 5.43 Å². The van der Waals surface area contributed by atoms with Gasteiger partial charge in [-0.15, -0.1) is 0 Å². The molecule has 0 saturated heterocycles. The molecule has 0 spiro atoms. The molecule has 1 aliphatic heterocycles. The Morgan fingerprint density at radius 2 is 1.96 bits per heavy atom. The van der Waals surface area contributed by atoms with Gasteiger partial charge in [0.05, 0.1) is 23.6 Å². The molecule has 3 aromatic rings. The van der Waals surface area contributed by atoms with Crippen LogP contribution >= 0.6 is 11.6 Å². The number of hydrogen-bond donors (Lipinski definition) is 1. The number of carbonyl (C=O) groups excluding carboxylic acids is 1. The second kappa shape index (κ2) is 6.51. The van der Waals surface area contributed by atoms with E-state index in [2.05, 4.69) is 0 Å².